The summed E-state index contributed by atoms with van der Waals surface area (Å²) in [5.74, 6) is 2.38. The van der Waals surface area contributed by atoms with E-state index < -0.39 is 0 Å². The molecule has 0 bridgehead atoms. The Morgan fingerprint density at radius 3 is 2.00 bits per heavy atom. The molecule has 0 amide bonds. The average molecular weight is 289 g/mol. The van der Waals surface area contributed by atoms with Crippen molar-refractivity contribution in [2.24, 2.45) is 0 Å². The van der Waals surface area contributed by atoms with Gasteiger partial charge < -0.3 is 19.5 Å². The summed E-state index contributed by atoms with van der Waals surface area (Å²) in [6.45, 7) is 2.01. The molecule has 1 heterocycles. The summed E-state index contributed by atoms with van der Waals surface area (Å²) >= 11 is 0. The first-order valence-corrected chi connectivity index (χ1v) is 6.53. The molecule has 1 N–H and O–H groups in total. The summed E-state index contributed by atoms with van der Waals surface area (Å²) in [5.41, 5.74) is 0.983. The van der Waals surface area contributed by atoms with Crippen LogP contribution in [0.4, 0.5) is 5.95 Å². The van der Waals surface area contributed by atoms with E-state index in [1.165, 1.54) is 0 Å². The number of aromatic nitrogens is 2. The third kappa shape index (κ3) is 3.34. The molecule has 0 spiro atoms. The van der Waals surface area contributed by atoms with Crippen LogP contribution in [-0.4, -0.2) is 31.3 Å². The molecule has 21 heavy (non-hydrogen) atoms. The van der Waals surface area contributed by atoms with Crippen molar-refractivity contribution in [1.82, 2.24) is 9.97 Å². The van der Waals surface area contributed by atoms with Crippen LogP contribution in [0, 0.1) is 0 Å². The van der Waals surface area contributed by atoms with Crippen LogP contribution in [0.3, 0.4) is 0 Å². The molecule has 0 aliphatic heterocycles. The number of ether oxygens (including phenoxy) is 3. The number of nitrogens with zero attached hydrogens (tertiary/aromatic N) is 2. The Kier molecular flexibility index (Phi) is 4.81. The second-order valence-electron chi connectivity index (χ2n) is 4.40. The third-order valence-corrected chi connectivity index (χ3v) is 3.10. The lowest BCUT2D eigenvalue weighted by Gasteiger charge is -2.18. The molecule has 0 radical (unpaired) electrons. The minimum Gasteiger partial charge on any atom is -0.493 e. The second kappa shape index (κ2) is 6.78. The zero-order chi connectivity index (χ0) is 15.2. The number of methoxy groups -OCH3 is 3. The molecule has 0 fully saturated rings. The lowest BCUT2D eigenvalue weighted by atomic mass is 10.1. The molecule has 0 aliphatic carbocycles. The van der Waals surface area contributed by atoms with Crippen LogP contribution < -0.4 is 19.5 Å². The van der Waals surface area contributed by atoms with Crippen molar-refractivity contribution in [1.29, 1.82) is 0 Å². The molecule has 6 nitrogen and oxygen atoms in total. The van der Waals surface area contributed by atoms with E-state index in [0.717, 1.165) is 5.56 Å². The van der Waals surface area contributed by atoms with E-state index in [0.29, 0.717) is 23.2 Å². The Bertz CT molecular complexity index is 565. The Morgan fingerprint density at radius 1 is 0.952 bits per heavy atom. The normalized spacial score (nSPS) is 11.6. The van der Waals surface area contributed by atoms with Gasteiger partial charge in [-0.1, -0.05) is 0 Å². The Hall–Kier alpha value is -2.50. The van der Waals surface area contributed by atoms with Gasteiger partial charge in [-0.3, -0.25) is 0 Å². The van der Waals surface area contributed by atoms with Crippen molar-refractivity contribution in [3.63, 3.8) is 0 Å². The fraction of sp³-hybridized carbons (Fsp3) is 0.333. The van der Waals surface area contributed by atoms with Crippen molar-refractivity contribution in [3.8, 4) is 17.2 Å². The molecule has 1 unspecified atom stereocenters. The molecule has 6 heteroatoms. The van der Waals surface area contributed by atoms with Gasteiger partial charge in [0, 0.05) is 12.4 Å². The standard InChI is InChI=1S/C15H19N3O3/c1-10(18-15-16-6-5-7-17-15)11-8-12(19-2)14(21-4)13(9-11)20-3/h5-10H,1-4H3,(H,16,17,18). The average Bonchev–Trinajstić information content (AvgIpc) is 2.54. The molecule has 0 saturated carbocycles. The van der Waals surface area contributed by atoms with Crippen LogP contribution in [0.5, 0.6) is 17.2 Å². The maximum absolute atomic E-state index is 5.36. The highest BCUT2D eigenvalue weighted by atomic mass is 16.5. The smallest absolute Gasteiger partial charge is 0.223 e. The fourth-order valence-corrected chi connectivity index (χ4v) is 2.00. The quantitative estimate of drug-likeness (QED) is 0.882. The van der Waals surface area contributed by atoms with Gasteiger partial charge >= 0.3 is 0 Å². The van der Waals surface area contributed by atoms with E-state index in [-0.39, 0.29) is 6.04 Å². The number of hydrogen-bond acceptors (Lipinski definition) is 6. The van der Waals surface area contributed by atoms with Crippen molar-refractivity contribution in [3.05, 3.63) is 36.2 Å². The van der Waals surface area contributed by atoms with E-state index in [2.05, 4.69) is 15.3 Å². The molecule has 1 aromatic heterocycles. The van der Waals surface area contributed by atoms with Crippen LogP contribution in [0.15, 0.2) is 30.6 Å². The summed E-state index contributed by atoms with van der Waals surface area (Å²) in [5, 5.41) is 3.22. The summed E-state index contributed by atoms with van der Waals surface area (Å²) in [4.78, 5) is 8.31. The molecule has 2 rings (SSSR count). The molecule has 0 saturated heterocycles. The predicted octanol–water partition coefficient (Wildman–Crippen LogP) is 2.68. The number of anilines is 1. The van der Waals surface area contributed by atoms with Gasteiger partial charge in [-0.15, -0.1) is 0 Å². The highest BCUT2D eigenvalue weighted by Gasteiger charge is 2.16. The Labute approximate surface area is 124 Å². The first-order chi connectivity index (χ1) is 10.2. The van der Waals surface area contributed by atoms with E-state index in [1.807, 2.05) is 19.1 Å². The highest BCUT2D eigenvalue weighted by molar-refractivity contribution is 5.55. The van der Waals surface area contributed by atoms with Gasteiger partial charge in [0.25, 0.3) is 0 Å². The minimum absolute atomic E-state index is 0.0129. The van der Waals surface area contributed by atoms with Crippen LogP contribution in [-0.2, 0) is 0 Å². The van der Waals surface area contributed by atoms with Gasteiger partial charge in [0.1, 0.15) is 0 Å². The summed E-state index contributed by atoms with van der Waals surface area (Å²) in [6.07, 6.45) is 3.38. The van der Waals surface area contributed by atoms with Crippen molar-refractivity contribution < 1.29 is 14.2 Å². The highest BCUT2D eigenvalue weighted by Crippen LogP contribution is 2.39. The first kappa shape index (κ1) is 14.9. The van der Waals surface area contributed by atoms with E-state index in [1.54, 1.807) is 39.8 Å². The summed E-state index contributed by atoms with van der Waals surface area (Å²) in [7, 11) is 4.78. The largest absolute Gasteiger partial charge is 0.493 e. The second-order valence-corrected chi connectivity index (χ2v) is 4.40. The topological polar surface area (TPSA) is 65.5 Å². The lowest BCUT2D eigenvalue weighted by Crippen LogP contribution is -2.10. The van der Waals surface area contributed by atoms with Crippen molar-refractivity contribution in [2.75, 3.05) is 26.6 Å². The van der Waals surface area contributed by atoms with Crippen LogP contribution in [0.25, 0.3) is 0 Å². The Balaban J connectivity index is 2.30. The molecular formula is C15H19N3O3. The predicted molar refractivity (Wildman–Crippen MR) is 80.2 cm³/mol. The van der Waals surface area contributed by atoms with E-state index in [9.17, 15) is 0 Å². The zero-order valence-electron chi connectivity index (χ0n) is 12.6. The van der Waals surface area contributed by atoms with Crippen molar-refractivity contribution >= 4 is 5.95 Å². The molecule has 1 atom stereocenters. The number of rotatable bonds is 6. The van der Waals surface area contributed by atoms with E-state index in [4.69, 9.17) is 14.2 Å². The number of hydrogen-bond donors (Lipinski definition) is 1. The van der Waals surface area contributed by atoms with Crippen LogP contribution in [0.2, 0.25) is 0 Å². The first-order valence-electron chi connectivity index (χ1n) is 6.53. The monoisotopic (exact) mass is 289 g/mol. The van der Waals surface area contributed by atoms with Gasteiger partial charge in [0.2, 0.25) is 11.7 Å². The molecule has 2 aromatic rings. The van der Waals surface area contributed by atoms with Crippen molar-refractivity contribution in [2.45, 2.75) is 13.0 Å². The molecule has 0 aliphatic rings. The van der Waals surface area contributed by atoms with Gasteiger partial charge in [-0.05, 0) is 30.7 Å². The maximum Gasteiger partial charge on any atom is 0.223 e. The van der Waals surface area contributed by atoms with Gasteiger partial charge in [0.15, 0.2) is 11.5 Å². The van der Waals surface area contributed by atoms with Gasteiger partial charge in [-0.25, -0.2) is 9.97 Å². The minimum atomic E-state index is -0.0129. The SMILES string of the molecule is COc1cc(C(C)Nc2ncccn2)cc(OC)c1OC. The van der Waals surface area contributed by atoms with Gasteiger partial charge in [-0.2, -0.15) is 0 Å². The lowest BCUT2D eigenvalue weighted by molar-refractivity contribution is 0.323. The van der Waals surface area contributed by atoms with Crippen LogP contribution >= 0.6 is 0 Å². The van der Waals surface area contributed by atoms with Gasteiger partial charge in [0.05, 0.1) is 27.4 Å². The third-order valence-electron chi connectivity index (χ3n) is 3.10. The Morgan fingerprint density at radius 2 is 1.52 bits per heavy atom. The molecular weight excluding hydrogens is 270 g/mol. The maximum atomic E-state index is 5.36. The zero-order valence-corrected chi connectivity index (χ0v) is 12.6. The van der Waals surface area contributed by atoms with E-state index >= 15 is 0 Å². The summed E-state index contributed by atoms with van der Waals surface area (Å²) < 4.78 is 16.0. The number of benzene rings is 1. The fourth-order valence-electron chi connectivity index (χ4n) is 2.00. The van der Waals surface area contributed by atoms with Crippen LogP contribution in [0.1, 0.15) is 18.5 Å². The molecule has 1 aromatic carbocycles. The summed E-state index contributed by atoms with van der Waals surface area (Å²) in [6, 6.07) is 5.57. The number of nitrogens with one attached hydrogen (secondary N) is 1. The molecule has 112 valence electrons.